The summed E-state index contributed by atoms with van der Waals surface area (Å²) in [6, 6.07) is 5.49. The Morgan fingerprint density at radius 1 is 1.05 bits per heavy atom. The van der Waals surface area contributed by atoms with Crippen molar-refractivity contribution in [3.05, 3.63) is 35.4 Å². The van der Waals surface area contributed by atoms with E-state index in [0.717, 1.165) is 25.0 Å². The minimum absolute atomic E-state index is 0.283. The molecule has 2 bridgehead atoms. The molecular formula is C14H16F3NO. The summed E-state index contributed by atoms with van der Waals surface area (Å²) in [5, 5.41) is 14.1. The van der Waals surface area contributed by atoms with Crippen molar-refractivity contribution >= 4 is 0 Å². The fraction of sp³-hybridized carbons (Fsp3) is 0.571. The highest BCUT2D eigenvalue weighted by molar-refractivity contribution is 5.30. The van der Waals surface area contributed by atoms with Crippen molar-refractivity contribution in [1.82, 2.24) is 5.32 Å². The molecule has 3 rings (SSSR count). The quantitative estimate of drug-likeness (QED) is 0.823. The summed E-state index contributed by atoms with van der Waals surface area (Å²) >= 11 is 0. The lowest BCUT2D eigenvalue weighted by Gasteiger charge is -2.37. The van der Waals surface area contributed by atoms with Crippen molar-refractivity contribution in [3.63, 3.8) is 0 Å². The molecule has 0 aromatic heterocycles. The summed E-state index contributed by atoms with van der Waals surface area (Å²) in [4.78, 5) is 0. The van der Waals surface area contributed by atoms with Gasteiger partial charge in [-0.25, -0.2) is 0 Å². The molecule has 19 heavy (non-hydrogen) atoms. The van der Waals surface area contributed by atoms with Gasteiger partial charge < -0.3 is 10.4 Å². The zero-order valence-corrected chi connectivity index (χ0v) is 10.4. The van der Waals surface area contributed by atoms with Gasteiger partial charge in [0, 0.05) is 12.1 Å². The molecule has 2 fully saturated rings. The van der Waals surface area contributed by atoms with E-state index in [-0.39, 0.29) is 12.1 Å². The van der Waals surface area contributed by atoms with Crippen LogP contribution in [0.4, 0.5) is 13.2 Å². The molecule has 1 aromatic carbocycles. The Hall–Kier alpha value is -1.07. The molecule has 2 heterocycles. The Morgan fingerprint density at radius 3 is 2.05 bits per heavy atom. The lowest BCUT2D eigenvalue weighted by Crippen LogP contribution is -2.46. The maximum Gasteiger partial charge on any atom is 0.416 e. The molecule has 0 amide bonds. The average molecular weight is 271 g/mol. The summed E-state index contributed by atoms with van der Waals surface area (Å²) in [6.45, 7) is 0. The second-order valence-corrected chi connectivity index (χ2v) is 5.65. The molecule has 2 nitrogen and oxygen atoms in total. The van der Waals surface area contributed by atoms with Crippen molar-refractivity contribution in [2.45, 2.75) is 49.5 Å². The first-order valence-corrected chi connectivity index (χ1v) is 6.53. The number of hydrogen-bond acceptors (Lipinski definition) is 2. The summed E-state index contributed by atoms with van der Waals surface area (Å²) in [5.74, 6) is 0. The molecule has 2 N–H and O–H groups in total. The summed E-state index contributed by atoms with van der Waals surface area (Å²) in [7, 11) is 0. The topological polar surface area (TPSA) is 32.3 Å². The second kappa shape index (κ2) is 4.21. The van der Waals surface area contributed by atoms with E-state index < -0.39 is 17.3 Å². The van der Waals surface area contributed by atoms with Crippen LogP contribution < -0.4 is 5.32 Å². The van der Waals surface area contributed by atoms with E-state index in [1.165, 1.54) is 12.1 Å². The number of hydrogen-bond donors (Lipinski definition) is 2. The number of rotatable bonds is 1. The van der Waals surface area contributed by atoms with Crippen LogP contribution in [0.2, 0.25) is 0 Å². The first-order chi connectivity index (χ1) is 8.87. The Kier molecular flexibility index (Phi) is 2.87. The Bertz CT molecular complexity index is 457. The van der Waals surface area contributed by atoms with Gasteiger partial charge in [0.2, 0.25) is 0 Å². The lowest BCUT2D eigenvalue weighted by molar-refractivity contribution is -0.137. The molecule has 2 aliphatic heterocycles. The van der Waals surface area contributed by atoms with Crippen LogP contribution in [0.1, 0.15) is 36.8 Å². The molecule has 104 valence electrons. The molecular weight excluding hydrogens is 255 g/mol. The van der Waals surface area contributed by atoms with E-state index in [1.54, 1.807) is 0 Å². The highest BCUT2D eigenvalue weighted by Gasteiger charge is 2.43. The molecule has 2 unspecified atom stereocenters. The first kappa shape index (κ1) is 12.9. The number of fused-ring (bicyclic) bond motifs is 2. The average Bonchev–Trinajstić information content (AvgIpc) is 2.68. The minimum atomic E-state index is -4.33. The van der Waals surface area contributed by atoms with Crippen molar-refractivity contribution < 1.29 is 18.3 Å². The number of benzene rings is 1. The van der Waals surface area contributed by atoms with Gasteiger partial charge in [-0.05, 0) is 43.4 Å². The minimum Gasteiger partial charge on any atom is -0.385 e. The van der Waals surface area contributed by atoms with Gasteiger partial charge in [0.05, 0.1) is 11.2 Å². The van der Waals surface area contributed by atoms with Gasteiger partial charge in [0.15, 0.2) is 0 Å². The highest BCUT2D eigenvalue weighted by atomic mass is 19.4. The molecule has 2 saturated heterocycles. The van der Waals surface area contributed by atoms with E-state index in [9.17, 15) is 18.3 Å². The van der Waals surface area contributed by atoms with E-state index in [2.05, 4.69) is 5.32 Å². The summed E-state index contributed by atoms with van der Waals surface area (Å²) in [6.07, 6.45) is -1.10. The van der Waals surface area contributed by atoms with Crippen molar-refractivity contribution in [2.24, 2.45) is 0 Å². The summed E-state index contributed by atoms with van der Waals surface area (Å²) in [5.41, 5.74) is -1.06. The number of piperidine rings is 1. The molecule has 2 atom stereocenters. The maximum atomic E-state index is 12.5. The standard InChI is InChI=1S/C14H16F3NO/c15-14(16,17)10-3-1-9(2-4-10)13(19)7-11-5-6-12(8-13)18-11/h1-4,11-12,18-19H,5-8H2. The van der Waals surface area contributed by atoms with Gasteiger partial charge in [-0.15, -0.1) is 0 Å². The largest absolute Gasteiger partial charge is 0.416 e. The second-order valence-electron chi connectivity index (χ2n) is 5.65. The van der Waals surface area contributed by atoms with Crippen LogP contribution in [-0.4, -0.2) is 17.2 Å². The van der Waals surface area contributed by atoms with Crippen LogP contribution in [0.5, 0.6) is 0 Å². The lowest BCUT2D eigenvalue weighted by atomic mass is 9.81. The van der Waals surface area contributed by atoms with Gasteiger partial charge in [-0.1, -0.05) is 12.1 Å². The smallest absolute Gasteiger partial charge is 0.385 e. The van der Waals surface area contributed by atoms with Crippen molar-refractivity contribution in [3.8, 4) is 0 Å². The molecule has 1 aromatic rings. The van der Waals surface area contributed by atoms with Crippen LogP contribution >= 0.6 is 0 Å². The zero-order valence-electron chi connectivity index (χ0n) is 10.4. The van der Waals surface area contributed by atoms with E-state index >= 15 is 0 Å². The molecule has 0 saturated carbocycles. The van der Waals surface area contributed by atoms with Crippen molar-refractivity contribution in [1.29, 1.82) is 0 Å². The number of nitrogens with one attached hydrogen (secondary N) is 1. The maximum absolute atomic E-state index is 12.5. The SMILES string of the molecule is OC1(c2ccc(C(F)(F)F)cc2)CC2CCC(C1)N2. The highest BCUT2D eigenvalue weighted by Crippen LogP contribution is 2.41. The van der Waals surface area contributed by atoms with E-state index in [1.807, 2.05) is 0 Å². The first-order valence-electron chi connectivity index (χ1n) is 6.53. The predicted octanol–water partition coefficient (Wildman–Crippen LogP) is 2.81. The summed E-state index contributed by atoms with van der Waals surface area (Å²) < 4.78 is 37.6. The molecule has 0 spiro atoms. The third-order valence-electron chi connectivity index (χ3n) is 4.25. The number of alkyl halides is 3. The van der Waals surface area contributed by atoms with Crippen LogP contribution in [0, 0.1) is 0 Å². The normalized spacial score (nSPS) is 34.5. The zero-order chi connectivity index (χ0) is 13.7. The van der Waals surface area contributed by atoms with E-state index in [0.29, 0.717) is 18.4 Å². The Labute approximate surface area is 109 Å². The van der Waals surface area contributed by atoms with Gasteiger partial charge in [0.25, 0.3) is 0 Å². The number of aliphatic hydroxyl groups is 1. The van der Waals surface area contributed by atoms with Crippen LogP contribution in [0.25, 0.3) is 0 Å². The van der Waals surface area contributed by atoms with Crippen molar-refractivity contribution in [2.75, 3.05) is 0 Å². The van der Waals surface area contributed by atoms with Gasteiger partial charge >= 0.3 is 6.18 Å². The third-order valence-corrected chi connectivity index (χ3v) is 4.25. The van der Waals surface area contributed by atoms with Crippen LogP contribution in [-0.2, 0) is 11.8 Å². The fourth-order valence-corrected chi connectivity index (χ4v) is 3.33. The monoisotopic (exact) mass is 271 g/mol. The van der Waals surface area contributed by atoms with Gasteiger partial charge in [-0.3, -0.25) is 0 Å². The number of halogens is 3. The van der Waals surface area contributed by atoms with Crippen LogP contribution in [0.3, 0.4) is 0 Å². The Morgan fingerprint density at radius 2 is 1.58 bits per heavy atom. The molecule has 5 heteroatoms. The van der Waals surface area contributed by atoms with Gasteiger partial charge in [0.1, 0.15) is 0 Å². The third kappa shape index (κ3) is 2.37. The van der Waals surface area contributed by atoms with E-state index in [4.69, 9.17) is 0 Å². The molecule has 2 aliphatic rings. The molecule has 0 radical (unpaired) electrons. The van der Waals surface area contributed by atoms with Gasteiger partial charge in [-0.2, -0.15) is 13.2 Å². The fourth-order valence-electron chi connectivity index (χ4n) is 3.33. The molecule has 0 aliphatic carbocycles. The Balaban J connectivity index is 1.86. The van der Waals surface area contributed by atoms with Crippen LogP contribution in [0.15, 0.2) is 24.3 Å². The predicted molar refractivity (Wildman–Crippen MR) is 64.5 cm³/mol.